The normalized spacial score (nSPS) is 10.4. The Bertz CT molecular complexity index is 568. The molecule has 0 amide bonds. The van der Waals surface area contributed by atoms with E-state index >= 15 is 0 Å². The topological polar surface area (TPSA) is 107 Å². The van der Waals surface area contributed by atoms with Gasteiger partial charge in [-0.3, -0.25) is 0 Å². The summed E-state index contributed by atoms with van der Waals surface area (Å²) < 4.78 is 1.52. The van der Waals surface area contributed by atoms with Crippen LogP contribution in [0.3, 0.4) is 0 Å². The number of carboxylic acid groups (broad SMARTS) is 1. The van der Waals surface area contributed by atoms with Crippen molar-refractivity contribution in [1.29, 1.82) is 0 Å². The second-order valence-electron chi connectivity index (χ2n) is 3.24. The zero-order chi connectivity index (χ0) is 12.4. The molecule has 7 nitrogen and oxygen atoms in total. The number of hydrogen-bond donors (Lipinski definition) is 2. The summed E-state index contributed by atoms with van der Waals surface area (Å²) in [6.45, 7) is 0. The van der Waals surface area contributed by atoms with E-state index in [1.807, 2.05) is 0 Å². The average molecular weight is 251 g/mol. The van der Waals surface area contributed by atoms with Crippen molar-refractivity contribution < 1.29 is 9.90 Å². The van der Waals surface area contributed by atoms with Crippen LogP contribution in [0.5, 0.6) is 0 Å². The first-order chi connectivity index (χ1) is 8.08. The van der Waals surface area contributed by atoms with Crippen molar-refractivity contribution in [3.8, 4) is 0 Å². The van der Waals surface area contributed by atoms with Gasteiger partial charge in [-0.1, -0.05) is 0 Å². The number of rotatable bonds is 3. The molecule has 3 N–H and O–H groups in total. The monoisotopic (exact) mass is 251 g/mol. The lowest BCUT2D eigenvalue weighted by Gasteiger charge is -2.03. The number of anilines is 1. The van der Waals surface area contributed by atoms with E-state index in [1.165, 1.54) is 22.5 Å². The Morgan fingerprint density at radius 1 is 1.53 bits per heavy atom. The molecule has 0 atom stereocenters. The molecule has 88 valence electrons. The van der Waals surface area contributed by atoms with Gasteiger partial charge in [0.05, 0.1) is 5.56 Å². The summed E-state index contributed by atoms with van der Waals surface area (Å²) in [5, 5.41) is 20.4. The van der Waals surface area contributed by atoms with E-state index in [0.717, 1.165) is 4.90 Å². The minimum Gasteiger partial charge on any atom is -0.478 e. The third kappa shape index (κ3) is 2.36. The molecule has 0 aliphatic heterocycles. The fraction of sp³-hybridized carbons (Fsp3) is 0.111. The van der Waals surface area contributed by atoms with Crippen molar-refractivity contribution in [3.05, 3.63) is 23.8 Å². The predicted octanol–water partition coefficient (Wildman–Crippen LogP) is 0.642. The lowest BCUT2D eigenvalue weighted by molar-refractivity contribution is 0.0698. The van der Waals surface area contributed by atoms with Gasteiger partial charge in [0.1, 0.15) is 0 Å². The Hall–Kier alpha value is -2.09. The molecule has 0 radical (unpaired) electrons. The first-order valence-electron chi connectivity index (χ1n) is 4.61. The smallest absolute Gasteiger partial charge is 0.337 e. The van der Waals surface area contributed by atoms with Crippen LogP contribution in [-0.4, -0.2) is 31.3 Å². The Labute approximate surface area is 101 Å². The van der Waals surface area contributed by atoms with Crippen LogP contribution in [0.25, 0.3) is 0 Å². The van der Waals surface area contributed by atoms with E-state index in [2.05, 4.69) is 15.5 Å². The molecule has 1 heterocycles. The third-order valence-corrected chi connectivity index (χ3v) is 3.06. The molecular formula is C9H9N5O2S. The highest BCUT2D eigenvalue weighted by Gasteiger charge is 2.10. The number of tetrazole rings is 1. The highest BCUT2D eigenvalue weighted by molar-refractivity contribution is 7.99. The molecule has 0 unspecified atom stereocenters. The molecule has 0 bridgehead atoms. The van der Waals surface area contributed by atoms with Gasteiger partial charge >= 0.3 is 5.97 Å². The first-order valence-corrected chi connectivity index (χ1v) is 5.42. The zero-order valence-corrected chi connectivity index (χ0v) is 9.68. The highest BCUT2D eigenvalue weighted by Crippen LogP contribution is 2.27. The summed E-state index contributed by atoms with van der Waals surface area (Å²) in [4.78, 5) is 11.6. The summed E-state index contributed by atoms with van der Waals surface area (Å²) in [6, 6.07) is 4.71. The van der Waals surface area contributed by atoms with Gasteiger partial charge in [0.25, 0.3) is 0 Å². The largest absolute Gasteiger partial charge is 0.478 e. The molecule has 1 aromatic carbocycles. The Morgan fingerprint density at radius 2 is 2.29 bits per heavy atom. The summed E-state index contributed by atoms with van der Waals surface area (Å²) in [7, 11) is 1.72. The molecule has 1 aromatic heterocycles. The van der Waals surface area contributed by atoms with Gasteiger partial charge in [-0.25, -0.2) is 9.48 Å². The lowest BCUT2D eigenvalue weighted by atomic mass is 10.2. The number of aryl methyl sites for hydroxylation is 1. The number of hydrogen-bond acceptors (Lipinski definition) is 6. The molecule has 0 saturated heterocycles. The van der Waals surface area contributed by atoms with E-state index in [0.29, 0.717) is 5.16 Å². The summed E-state index contributed by atoms with van der Waals surface area (Å²) >= 11 is 1.31. The van der Waals surface area contributed by atoms with Gasteiger partial charge in [-0.2, -0.15) is 0 Å². The van der Waals surface area contributed by atoms with Gasteiger partial charge in [0, 0.05) is 17.6 Å². The fourth-order valence-corrected chi connectivity index (χ4v) is 1.99. The number of benzene rings is 1. The predicted molar refractivity (Wildman–Crippen MR) is 60.7 cm³/mol. The maximum Gasteiger partial charge on any atom is 0.337 e. The lowest BCUT2D eigenvalue weighted by Crippen LogP contribution is -2.02. The standard InChI is InChI=1S/C9H9N5O2S/c1-14-9(11-12-13-14)17-5-2-3-6(8(15)16)7(10)4-5/h2-4H,10H2,1H3,(H,15,16). The van der Waals surface area contributed by atoms with Crippen LogP contribution in [0.1, 0.15) is 10.4 Å². The van der Waals surface area contributed by atoms with Gasteiger partial charge in [-0.05, 0) is 40.4 Å². The molecule has 0 fully saturated rings. The van der Waals surface area contributed by atoms with E-state index in [4.69, 9.17) is 10.8 Å². The highest BCUT2D eigenvalue weighted by atomic mass is 32.2. The van der Waals surface area contributed by atoms with E-state index < -0.39 is 5.97 Å². The first kappa shape index (κ1) is 11.4. The SMILES string of the molecule is Cn1nnnc1Sc1ccc(C(=O)O)c(N)c1. The van der Waals surface area contributed by atoms with Crippen molar-refractivity contribution in [2.75, 3.05) is 5.73 Å². The number of carboxylic acids is 1. The second kappa shape index (κ2) is 4.42. The second-order valence-corrected chi connectivity index (χ2v) is 4.28. The van der Waals surface area contributed by atoms with Crippen LogP contribution in [0, 0.1) is 0 Å². The number of nitrogens with zero attached hydrogens (tertiary/aromatic N) is 4. The van der Waals surface area contributed by atoms with Crippen molar-refractivity contribution in [3.63, 3.8) is 0 Å². The maximum absolute atomic E-state index is 10.8. The van der Waals surface area contributed by atoms with Crippen molar-refractivity contribution in [2.24, 2.45) is 7.05 Å². The number of carbonyl (C=O) groups is 1. The van der Waals surface area contributed by atoms with Gasteiger partial charge in [0.15, 0.2) is 0 Å². The van der Waals surface area contributed by atoms with Gasteiger partial charge < -0.3 is 10.8 Å². The molecule has 0 aliphatic carbocycles. The zero-order valence-electron chi connectivity index (χ0n) is 8.86. The maximum atomic E-state index is 10.8. The van der Waals surface area contributed by atoms with Gasteiger partial charge in [-0.15, -0.1) is 5.10 Å². The minimum atomic E-state index is -1.04. The van der Waals surface area contributed by atoms with E-state index in [1.54, 1.807) is 19.2 Å². The Morgan fingerprint density at radius 3 is 2.82 bits per heavy atom. The van der Waals surface area contributed by atoms with Crippen LogP contribution in [0.4, 0.5) is 5.69 Å². The summed E-state index contributed by atoms with van der Waals surface area (Å²) in [5.41, 5.74) is 5.95. The molecule has 17 heavy (non-hydrogen) atoms. The van der Waals surface area contributed by atoms with Crippen LogP contribution >= 0.6 is 11.8 Å². The molecule has 0 spiro atoms. The van der Waals surface area contributed by atoms with Crippen molar-refractivity contribution in [1.82, 2.24) is 20.2 Å². The van der Waals surface area contributed by atoms with E-state index in [-0.39, 0.29) is 11.3 Å². The van der Waals surface area contributed by atoms with Crippen LogP contribution in [0.2, 0.25) is 0 Å². The van der Waals surface area contributed by atoms with Crippen LogP contribution < -0.4 is 5.73 Å². The minimum absolute atomic E-state index is 0.0884. The third-order valence-electron chi connectivity index (χ3n) is 2.04. The number of nitrogen functional groups attached to an aromatic ring is 1. The van der Waals surface area contributed by atoms with Crippen molar-refractivity contribution >= 4 is 23.4 Å². The number of aromatic nitrogens is 4. The molecule has 0 aliphatic rings. The number of nitrogens with two attached hydrogens (primary N) is 1. The molecule has 0 saturated carbocycles. The van der Waals surface area contributed by atoms with Gasteiger partial charge in [0.2, 0.25) is 5.16 Å². The molecule has 2 rings (SSSR count). The molecule has 2 aromatic rings. The quantitative estimate of drug-likeness (QED) is 0.771. The van der Waals surface area contributed by atoms with Crippen LogP contribution in [0.15, 0.2) is 28.3 Å². The summed E-state index contributed by atoms with van der Waals surface area (Å²) in [5.74, 6) is -1.04. The average Bonchev–Trinajstić information content (AvgIpc) is 2.64. The Balaban J connectivity index is 2.27. The molecule has 8 heteroatoms. The van der Waals surface area contributed by atoms with Crippen molar-refractivity contribution in [2.45, 2.75) is 10.1 Å². The fourth-order valence-electron chi connectivity index (χ4n) is 1.21. The Kier molecular flexibility index (Phi) is 2.96. The van der Waals surface area contributed by atoms with Crippen LogP contribution in [-0.2, 0) is 7.05 Å². The molecular weight excluding hydrogens is 242 g/mol. The number of aromatic carboxylic acids is 1. The summed E-state index contributed by atoms with van der Waals surface area (Å²) in [6.07, 6.45) is 0. The van der Waals surface area contributed by atoms with E-state index in [9.17, 15) is 4.79 Å².